The summed E-state index contributed by atoms with van der Waals surface area (Å²) in [5, 5.41) is 3.22. The highest BCUT2D eigenvalue weighted by Gasteiger charge is 2.17. The molecule has 0 fully saturated rings. The van der Waals surface area contributed by atoms with Gasteiger partial charge < -0.3 is 19.5 Å². The summed E-state index contributed by atoms with van der Waals surface area (Å²) in [5.41, 5.74) is 0. The lowest BCUT2D eigenvalue weighted by molar-refractivity contribution is -0.121. The van der Waals surface area contributed by atoms with Gasteiger partial charge in [-0.1, -0.05) is 17.7 Å². The number of nitrogens with one attached hydrogen (secondary N) is 2. The zero-order valence-electron chi connectivity index (χ0n) is 16.1. The Balaban J connectivity index is 1.74. The SMILES string of the molecule is COc1ccc(S(=O)(=O)NCCC(=O)NCCOc2cccc(Cl)c2)cc1OC. The molecule has 0 aromatic heterocycles. The van der Waals surface area contributed by atoms with Gasteiger partial charge in [0.1, 0.15) is 12.4 Å². The average Bonchev–Trinajstić information content (AvgIpc) is 2.70. The van der Waals surface area contributed by atoms with Crippen LogP contribution >= 0.6 is 11.6 Å². The lowest BCUT2D eigenvalue weighted by Gasteiger charge is -2.11. The lowest BCUT2D eigenvalue weighted by Crippen LogP contribution is -2.32. The molecule has 158 valence electrons. The molecule has 0 aliphatic heterocycles. The standard InChI is InChI=1S/C19H23ClN2O6S/c1-26-17-7-6-16(13-18(17)27-2)29(24,25)22-9-8-19(23)21-10-11-28-15-5-3-4-14(20)12-15/h3-7,12-13,22H,8-11H2,1-2H3,(H,21,23). The van der Waals surface area contributed by atoms with E-state index in [1.54, 1.807) is 24.3 Å². The highest BCUT2D eigenvalue weighted by Crippen LogP contribution is 2.29. The van der Waals surface area contributed by atoms with Gasteiger partial charge in [0, 0.05) is 24.1 Å². The summed E-state index contributed by atoms with van der Waals surface area (Å²) in [5.74, 6) is 1.03. The summed E-state index contributed by atoms with van der Waals surface area (Å²) in [7, 11) is -0.902. The molecule has 0 spiro atoms. The number of methoxy groups -OCH3 is 2. The van der Waals surface area contributed by atoms with Crippen LogP contribution in [0, 0.1) is 0 Å². The van der Waals surface area contributed by atoms with Gasteiger partial charge in [-0.25, -0.2) is 13.1 Å². The van der Waals surface area contributed by atoms with E-state index >= 15 is 0 Å². The van der Waals surface area contributed by atoms with Crippen LogP contribution in [0.15, 0.2) is 47.4 Å². The first-order chi connectivity index (χ1) is 13.9. The summed E-state index contributed by atoms with van der Waals surface area (Å²) in [6, 6.07) is 11.2. The minimum Gasteiger partial charge on any atom is -0.493 e. The molecule has 0 atom stereocenters. The molecule has 0 aliphatic rings. The second kappa shape index (κ2) is 10.9. The molecule has 8 nitrogen and oxygen atoms in total. The molecule has 0 unspecified atom stereocenters. The zero-order valence-corrected chi connectivity index (χ0v) is 17.7. The number of halogens is 1. The third-order valence-corrected chi connectivity index (χ3v) is 5.49. The zero-order chi connectivity index (χ0) is 21.3. The Morgan fingerprint density at radius 2 is 1.79 bits per heavy atom. The van der Waals surface area contributed by atoms with Crippen molar-refractivity contribution < 1.29 is 27.4 Å². The van der Waals surface area contributed by atoms with Gasteiger partial charge in [0.05, 0.1) is 25.7 Å². The van der Waals surface area contributed by atoms with Crippen molar-refractivity contribution in [1.29, 1.82) is 0 Å². The van der Waals surface area contributed by atoms with Gasteiger partial charge in [0.25, 0.3) is 0 Å². The highest BCUT2D eigenvalue weighted by molar-refractivity contribution is 7.89. The van der Waals surface area contributed by atoms with Gasteiger partial charge >= 0.3 is 0 Å². The summed E-state index contributed by atoms with van der Waals surface area (Å²) in [6.07, 6.45) is -0.0102. The molecule has 2 aromatic carbocycles. The maximum absolute atomic E-state index is 12.4. The fourth-order valence-corrected chi connectivity index (χ4v) is 3.60. The third-order valence-electron chi connectivity index (χ3n) is 3.80. The number of hydrogen-bond acceptors (Lipinski definition) is 6. The summed E-state index contributed by atoms with van der Waals surface area (Å²) >= 11 is 5.86. The van der Waals surface area contributed by atoms with Crippen LogP contribution in [0.1, 0.15) is 6.42 Å². The van der Waals surface area contributed by atoms with Crippen molar-refractivity contribution in [2.45, 2.75) is 11.3 Å². The molecule has 0 bridgehead atoms. The van der Waals surface area contributed by atoms with Gasteiger partial charge in [-0.05, 0) is 30.3 Å². The van der Waals surface area contributed by atoms with Crippen molar-refractivity contribution in [3.8, 4) is 17.2 Å². The predicted octanol–water partition coefficient (Wildman–Crippen LogP) is 2.22. The summed E-state index contributed by atoms with van der Waals surface area (Å²) in [4.78, 5) is 11.9. The number of hydrogen-bond donors (Lipinski definition) is 2. The highest BCUT2D eigenvalue weighted by atomic mass is 35.5. The summed E-state index contributed by atoms with van der Waals surface area (Å²) < 4.78 is 42.8. The Bertz CT molecular complexity index is 936. The molecule has 10 heteroatoms. The summed E-state index contributed by atoms with van der Waals surface area (Å²) in [6.45, 7) is 0.509. The van der Waals surface area contributed by atoms with Crippen LogP contribution in [-0.4, -0.2) is 48.2 Å². The minimum atomic E-state index is -3.78. The van der Waals surface area contributed by atoms with E-state index in [0.29, 0.717) is 22.3 Å². The van der Waals surface area contributed by atoms with E-state index in [-0.39, 0.29) is 36.9 Å². The number of carbonyl (C=O) groups is 1. The van der Waals surface area contributed by atoms with Crippen molar-refractivity contribution in [3.05, 3.63) is 47.5 Å². The van der Waals surface area contributed by atoms with Crippen molar-refractivity contribution in [1.82, 2.24) is 10.0 Å². The van der Waals surface area contributed by atoms with E-state index in [9.17, 15) is 13.2 Å². The molecule has 0 saturated heterocycles. The number of rotatable bonds is 11. The average molecular weight is 443 g/mol. The maximum Gasteiger partial charge on any atom is 0.240 e. The predicted molar refractivity (Wildman–Crippen MR) is 109 cm³/mol. The van der Waals surface area contributed by atoms with E-state index in [1.807, 2.05) is 0 Å². The van der Waals surface area contributed by atoms with E-state index in [4.69, 9.17) is 25.8 Å². The third kappa shape index (κ3) is 7.12. The molecule has 29 heavy (non-hydrogen) atoms. The van der Waals surface area contributed by atoms with Crippen molar-refractivity contribution in [2.24, 2.45) is 0 Å². The van der Waals surface area contributed by atoms with Gasteiger partial charge in [-0.3, -0.25) is 4.79 Å². The molecule has 0 heterocycles. The Morgan fingerprint density at radius 1 is 1.03 bits per heavy atom. The van der Waals surface area contributed by atoms with Gasteiger partial charge in [0.15, 0.2) is 11.5 Å². The lowest BCUT2D eigenvalue weighted by atomic mass is 10.3. The van der Waals surface area contributed by atoms with Crippen LogP contribution in [0.4, 0.5) is 0 Å². The van der Waals surface area contributed by atoms with Crippen LogP contribution in [-0.2, 0) is 14.8 Å². The van der Waals surface area contributed by atoms with Gasteiger partial charge in [-0.2, -0.15) is 0 Å². The molecule has 0 aliphatic carbocycles. The largest absolute Gasteiger partial charge is 0.493 e. The van der Waals surface area contributed by atoms with Crippen molar-refractivity contribution in [2.75, 3.05) is 33.9 Å². The number of carbonyl (C=O) groups excluding carboxylic acids is 1. The fourth-order valence-electron chi connectivity index (χ4n) is 2.37. The molecular formula is C19H23ClN2O6S. The quantitative estimate of drug-likeness (QED) is 0.517. The molecule has 2 aromatic rings. The molecular weight excluding hydrogens is 420 g/mol. The van der Waals surface area contributed by atoms with E-state index in [1.165, 1.54) is 32.4 Å². The fraction of sp³-hybridized carbons (Fsp3) is 0.316. The van der Waals surface area contributed by atoms with Crippen LogP contribution in [0.3, 0.4) is 0 Å². The van der Waals surface area contributed by atoms with Crippen LogP contribution < -0.4 is 24.2 Å². The van der Waals surface area contributed by atoms with E-state index < -0.39 is 10.0 Å². The number of sulfonamides is 1. The van der Waals surface area contributed by atoms with E-state index in [2.05, 4.69) is 10.0 Å². The molecule has 1 amide bonds. The Morgan fingerprint density at radius 3 is 2.48 bits per heavy atom. The molecule has 0 radical (unpaired) electrons. The van der Waals surface area contributed by atoms with Crippen molar-refractivity contribution in [3.63, 3.8) is 0 Å². The number of benzene rings is 2. The van der Waals surface area contributed by atoms with Gasteiger partial charge in [0.2, 0.25) is 15.9 Å². The molecule has 0 saturated carbocycles. The first kappa shape index (κ1) is 22.8. The van der Waals surface area contributed by atoms with E-state index in [0.717, 1.165) is 0 Å². The van der Waals surface area contributed by atoms with Crippen LogP contribution in [0.25, 0.3) is 0 Å². The van der Waals surface area contributed by atoms with Crippen molar-refractivity contribution >= 4 is 27.5 Å². The smallest absolute Gasteiger partial charge is 0.240 e. The number of amides is 1. The normalized spacial score (nSPS) is 11.0. The first-order valence-electron chi connectivity index (χ1n) is 8.72. The topological polar surface area (TPSA) is 103 Å². The van der Waals surface area contributed by atoms with Crippen LogP contribution in [0.5, 0.6) is 17.2 Å². The van der Waals surface area contributed by atoms with Crippen LogP contribution in [0.2, 0.25) is 5.02 Å². The molecule has 2 rings (SSSR count). The maximum atomic E-state index is 12.4. The Kier molecular flexibility index (Phi) is 8.56. The minimum absolute atomic E-state index is 0.0102. The monoisotopic (exact) mass is 442 g/mol. The Labute approximate surface area is 175 Å². The Hall–Kier alpha value is -2.49. The first-order valence-corrected chi connectivity index (χ1v) is 10.6. The molecule has 2 N–H and O–H groups in total. The van der Waals surface area contributed by atoms with Gasteiger partial charge in [-0.15, -0.1) is 0 Å². The number of ether oxygens (including phenoxy) is 3. The second-order valence-corrected chi connectivity index (χ2v) is 8.02. The second-order valence-electron chi connectivity index (χ2n) is 5.82.